The number of likely N-dealkylation sites (tertiary alicyclic amines) is 1. The molecule has 10 heteroatoms. The number of para-hydroxylation sites is 1. The van der Waals surface area contributed by atoms with E-state index < -0.39 is 17.8 Å². The molecule has 2 aliphatic rings. The molecule has 1 unspecified atom stereocenters. The minimum absolute atomic E-state index is 0.125. The molecule has 2 aliphatic heterocycles. The number of halogens is 3. The summed E-state index contributed by atoms with van der Waals surface area (Å²) in [4.78, 5) is 18.4. The lowest BCUT2D eigenvalue weighted by atomic mass is 9.96. The van der Waals surface area contributed by atoms with E-state index in [-0.39, 0.29) is 29.8 Å². The summed E-state index contributed by atoms with van der Waals surface area (Å²) in [6, 6.07) is 7.10. The largest absolute Gasteiger partial charge is 0.486 e. The van der Waals surface area contributed by atoms with Crippen molar-refractivity contribution in [3.8, 4) is 11.5 Å². The van der Waals surface area contributed by atoms with Crippen LogP contribution in [0.2, 0.25) is 0 Å². The van der Waals surface area contributed by atoms with E-state index in [0.29, 0.717) is 24.6 Å². The van der Waals surface area contributed by atoms with Crippen LogP contribution in [0.15, 0.2) is 36.5 Å². The first-order chi connectivity index (χ1) is 15.3. The Bertz CT molecular complexity index is 962. The van der Waals surface area contributed by atoms with Gasteiger partial charge < -0.3 is 20.5 Å². The van der Waals surface area contributed by atoms with Gasteiger partial charge in [0.15, 0.2) is 11.5 Å². The molecule has 4 rings (SSSR count). The first-order valence-corrected chi connectivity index (χ1v) is 10.5. The Kier molecular flexibility index (Phi) is 6.40. The normalized spacial score (nSPS) is 19.5. The van der Waals surface area contributed by atoms with E-state index >= 15 is 0 Å². The predicted molar refractivity (Wildman–Crippen MR) is 112 cm³/mol. The molecule has 1 saturated heterocycles. The van der Waals surface area contributed by atoms with Crippen molar-refractivity contribution in [2.45, 2.75) is 25.1 Å². The van der Waals surface area contributed by atoms with Crippen LogP contribution in [0.1, 0.15) is 28.8 Å². The molecule has 1 aromatic carbocycles. The van der Waals surface area contributed by atoms with Crippen LogP contribution in [0.5, 0.6) is 11.5 Å². The number of fused-ring (bicyclic) bond motifs is 1. The number of carbonyl (C=O) groups is 1. The molecule has 3 N–H and O–H groups in total. The van der Waals surface area contributed by atoms with Crippen molar-refractivity contribution < 1.29 is 27.4 Å². The Morgan fingerprint density at radius 3 is 2.72 bits per heavy atom. The third-order valence-electron chi connectivity index (χ3n) is 5.80. The lowest BCUT2D eigenvalue weighted by Gasteiger charge is -2.36. The second-order valence-corrected chi connectivity index (χ2v) is 8.07. The summed E-state index contributed by atoms with van der Waals surface area (Å²) in [6.07, 6.45) is -1.72. The topological polar surface area (TPSA) is 89.7 Å². The van der Waals surface area contributed by atoms with E-state index in [1.807, 2.05) is 0 Å². The highest BCUT2D eigenvalue weighted by atomic mass is 19.4. The van der Waals surface area contributed by atoms with E-state index in [1.165, 1.54) is 18.3 Å². The van der Waals surface area contributed by atoms with Crippen LogP contribution in [0.4, 0.5) is 19.0 Å². The number of nitrogens with one attached hydrogen (secondary N) is 1. The zero-order valence-corrected chi connectivity index (χ0v) is 17.4. The van der Waals surface area contributed by atoms with Gasteiger partial charge in [0.05, 0.1) is 5.56 Å². The van der Waals surface area contributed by atoms with Gasteiger partial charge in [-0.15, -0.1) is 0 Å². The maximum absolute atomic E-state index is 13.3. The number of pyridine rings is 1. The Morgan fingerprint density at radius 2 is 2.00 bits per heavy atom. The summed E-state index contributed by atoms with van der Waals surface area (Å²) in [5.41, 5.74) is 5.28. The van der Waals surface area contributed by atoms with Crippen molar-refractivity contribution in [3.63, 3.8) is 0 Å². The predicted octanol–water partition coefficient (Wildman–Crippen LogP) is 2.96. The first kappa shape index (κ1) is 22.2. The van der Waals surface area contributed by atoms with Crippen LogP contribution < -0.4 is 20.5 Å². The fourth-order valence-corrected chi connectivity index (χ4v) is 4.05. The van der Waals surface area contributed by atoms with Gasteiger partial charge in [-0.1, -0.05) is 6.07 Å². The maximum Gasteiger partial charge on any atom is 0.420 e. The second kappa shape index (κ2) is 9.23. The summed E-state index contributed by atoms with van der Waals surface area (Å²) in [6.45, 7) is 2.76. The number of rotatable bonds is 5. The van der Waals surface area contributed by atoms with E-state index in [2.05, 4.69) is 15.2 Å². The first-order valence-electron chi connectivity index (χ1n) is 10.5. The molecule has 7 nitrogen and oxygen atoms in total. The molecule has 32 heavy (non-hydrogen) atoms. The molecule has 2 aromatic rings. The van der Waals surface area contributed by atoms with Crippen LogP contribution in [0.3, 0.4) is 0 Å². The molecule has 3 heterocycles. The van der Waals surface area contributed by atoms with Crippen LogP contribution in [-0.2, 0) is 6.18 Å². The smallest absolute Gasteiger partial charge is 0.420 e. The molecule has 0 spiro atoms. The minimum atomic E-state index is -4.50. The van der Waals surface area contributed by atoms with Crippen LogP contribution in [0.25, 0.3) is 0 Å². The number of ether oxygens (including phenoxy) is 2. The molecular weight excluding hydrogens is 425 g/mol. The molecular formula is C22H25F3N4O3. The minimum Gasteiger partial charge on any atom is -0.486 e. The summed E-state index contributed by atoms with van der Waals surface area (Å²) in [5.74, 6) is 0.159. The summed E-state index contributed by atoms with van der Waals surface area (Å²) in [7, 11) is 0. The highest BCUT2D eigenvalue weighted by Crippen LogP contribution is 2.43. The summed E-state index contributed by atoms with van der Waals surface area (Å²) < 4.78 is 51.1. The van der Waals surface area contributed by atoms with Crippen LogP contribution in [0, 0.1) is 5.92 Å². The van der Waals surface area contributed by atoms with Crippen molar-refractivity contribution in [3.05, 3.63) is 47.7 Å². The Balaban J connectivity index is 1.26. The van der Waals surface area contributed by atoms with E-state index in [1.54, 1.807) is 12.1 Å². The number of nitrogens with two attached hydrogens (primary N) is 1. The SMILES string of the molecule is Nc1ncccc1C(=O)NCC1CCN(CC2COc3cccc(C(F)(F)F)c3O2)CC1. The van der Waals surface area contributed by atoms with Crippen molar-refractivity contribution in [2.24, 2.45) is 5.92 Å². The van der Waals surface area contributed by atoms with Gasteiger partial charge in [-0.2, -0.15) is 13.2 Å². The number of hydrogen-bond acceptors (Lipinski definition) is 6. The van der Waals surface area contributed by atoms with Gasteiger partial charge in [-0.05, 0) is 56.1 Å². The van der Waals surface area contributed by atoms with Gasteiger partial charge in [0.25, 0.3) is 5.91 Å². The van der Waals surface area contributed by atoms with Gasteiger partial charge in [-0.3, -0.25) is 9.69 Å². The van der Waals surface area contributed by atoms with Gasteiger partial charge in [0, 0.05) is 19.3 Å². The van der Waals surface area contributed by atoms with E-state index in [4.69, 9.17) is 15.2 Å². The number of aromatic nitrogens is 1. The average molecular weight is 450 g/mol. The highest BCUT2D eigenvalue weighted by molar-refractivity contribution is 5.98. The Labute approximate surface area is 183 Å². The lowest BCUT2D eigenvalue weighted by Crippen LogP contribution is -2.45. The number of alkyl halides is 3. The third kappa shape index (κ3) is 5.07. The standard InChI is InChI=1S/C22H25F3N4O3/c23-22(24,25)17-4-1-5-18-19(17)32-15(13-31-18)12-29-9-6-14(7-10-29)11-28-21(30)16-3-2-8-27-20(16)26/h1-5,8,14-15H,6-7,9-13H2,(H2,26,27)(H,28,30). The van der Waals surface area contributed by atoms with Gasteiger partial charge in [0.2, 0.25) is 0 Å². The highest BCUT2D eigenvalue weighted by Gasteiger charge is 2.38. The maximum atomic E-state index is 13.3. The van der Waals surface area contributed by atoms with Gasteiger partial charge in [0.1, 0.15) is 24.1 Å². The molecule has 1 amide bonds. The van der Waals surface area contributed by atoms with Crippen LogP contribution in [-0.4, -0.2) is 54.7 Å². The van der Waals surface area contributed by atoms with E-state index in [0.717, 1.165) is 32.0 Å². The lowest BCUT2D eigenvalue weighted by molar-refractivity contribution is -0.140. The zero-order valence-electron chi connectivity index (χ0n) is 17.4. The summed E-state index contributed by atoms with van der Waals surface area (Å²) in [5, 5.41) is 2.91. The molecule has 0 radical (unpaired) electrons. The molecule has 172 valence electrons. The van der Waals surface area contributed by atoms with Crippen molar-refractivity contribution in [1.82, 2.24) is 15.2 Å². The number of benzene rings is 1. The number of nitrogens with zero attached hydrogens (tertiary/aromatic N) is 2. The van der Waals surface area contributed by atoms with Crippen molar-refractivity contribution >= 4 is 11.7 Å². The quantitative estimate of drug-likeness (QED) is 0.728. The third-order valence-corrected chi connectivity index (χ3v) is 5.80. The van der Waals surface area contributed by atoms with Crippen molar-refractivity contribution in [1.29, 1.82) is 0 Å². The molecule has 0 saturated carbocycles. The Hall–Kier alpha value is -3.01. The zero-order chi connectivity index (χ0) is 22.7. The number of amides is 1. The number of nitrogen functional groups attached to an aromatic ring is 1. The van der Waals surface area contributed by atoms with Crippen molar-refractivity contribution in [2.75, 3.05) is 38.5 Å². The average Bonchev–Trinajstić information content (AvgIpc) is 2.77. The van der Waals surface area contributed by atoms with Gasteiger partial charge >= 0.3 is 6.18 Å². The fourth-order valence-electron chi connectivity index (χ4n) is 4.05. The molecule has 0 bridgehead atoms. The number of anilines is 1. The van der Waals surface area contributed by atoms with Gasteiger partial charge in [-0.25, -0.2) is 4.98 Å². The van der Waals surface area contributed by atoms with Crippen LogP contribution >= 0.6 is 0 Å². The number of carbonyl (C=O) groups excluding carboxylic acids is 1. The fraction of sp³-hybridized carbons (Fsp3) is 0.455. The molecule has 1 fully saturated rings. The molecule has 1 aromatic heterocycles. The molecule has 1 atom stereocenters. The Morgan fingerprint density at radius 1 is 1.22 bits per heavy atom. The monoisotopic (exact) mass is 450 g/mol. The number of piperidine rings is 1. The molecule has 0 aliphatic carbocycles. The number of hydrogen-bond donors (Lipinski definition) is 2. The van der Waals surface area contributed by atoms with E-state index in [9.17, 15) is 18.0 Å². The summed E-state index contributed by atoms with van der Waals surface area (Å²) >= 11 is 0. The second-order valence-electron chi connectivity index (χ2n) is 8.07.